The highest BCUT2D eigenvalue weighted by molar-refractivity contribution is 5.85. The first kappa shape index (κ1) is 14.1. The van der Waals surface area contributed by atoms with Gasteiger partial charge in [-0.3, -0.25) is 4.79 Å². The van der Waals surface area contributed by atoms with Crippen molar-refractivity contribution in [2.24, 2.45) is 11.7 Å². The van der Waals surface area contributed by atoms with Crippen LogP contribution >= 0.6 is 12.4 Å². The summed E-state index contributed by atoms with van der Waals surface area (Å²) in [5.41, 5.74) is 4.99. The Bertz CT molecular complexity index is 135. The van der Waals surface area contributed by atoms with Crippen LogP contribution in [0.25, 0.3) is 0 Å². The van der Waals surface area contributed by atoms with Crippen molar-refractivity contribution < 1.29 is 18.3 Å². The number of alkyl halides is 2. The number of halogens is 3. The van der Waals surface area contributed by atoms with Crippen LogP contribution in [0.1, 0.15) is 6.42 Å². The molecule has 12 heavy (non-hydrogen) atoms. The monoisotopic (exact) mass is 203 g/mol. The van der Waals surface area contributed by atoms with E-state index < -0.39 is 18.3 Å². The Morgan fingerprint density at radius 3 is 2.33 bits per heavy atom. The third-order valence-corrected chi connectivity index (χ3v) is 1.32. The molecule has 0 rings (SSSR count). The van der Waals surface area contributed by atoms with Crippen LogP contribution in [0.4, 0.5) is 8.78 Å². The van der Waals surface area contributed by atoms with Crippen molar-refractivity contribution in [2.45, 2.75) is 12.8 Å². The zero-order valence-electron chi connectivity index (χ0n) is 6.63. The summed E-state index contributed by atoms with van der Waals surface area (Å²) in [5, 5.41) is 0. The first-order valence-electron chi connectivity index (χ1n) is 3.16. The van der Waals surface area contributed by atoms with E-state index in [1.165, 1.54) is 0 Å². The Morgan fingerprint density at radius 2 is 2.08 bits per heavy atom. The van der Waals surface area contributed by atoms with Crippen LogP contribution in [0.15, 0.2) is 0 Å². The van der Waals surface area contributed by atoms with Crippen LogP contribution in [-0.2, 0) is 9.53 Å². The molecule has 1 atom stereocenters. The molecule has 0 aliphatic carbocycles. The minimum Gasteiger partial charge on any atom is -0.469 e. The van der Waals surface area contributed by atoms with E-state index in [0.717, 1.165) is 7.11 Å². The van der Waals surface area contributed by atoms with Gasteiger partial charge in [0.1, 0.15) is 0 Å². The zero-order valence-corrected chi connectivity index (χ0v) is 7.44. The fourth-order valence-electron chi connectivity index (χ4n) is 0.573. The van der Waals surface area contributed by atoms with Crippen molar-refractivity contribution >= 4 is 18.4 Å². The molecule has 74 valence electrons. The van der Waals surface area contributed by atoms with Crippen LogP contribution < -0.4 is 5.73 Å². The molecule has 0 aromatic rings. The van der Waals surface area contributed by atoms with E-state index in [4.69, 9.17) is 5.73 Å². The van der Waals surface area contributed by atoms with Crippen molar-refractivity contribution in [3.63, 3.8) is 0 Å². The lowest BCUT2D eigenvalue weighted by atomic mass is 10.1. The number of carbonyl (C=O) groups excluding carboxylic acids is 1. The first-order valence-corrected chi connectivity index (χ1v) is 3.16. The Kier molecular flexibility index (Phi) is 8.52. The highest BCUT2D eigenvalue weighted by atomic mass is 35.5. The van der Waals surface area contributed by atoms with E-state index in [0.29, 0.717) is 0 Å². The van der Waals surface area contributed by atoms with Crippen molar-refractivity contribution in [2.75, 3.05) is 13.7 Å². The zero-order chi connectivity index (χ0) is 8.85. The molecule has 0 aliphatic heterocycles. The summed E-state index contributed by atoms with van der Waals surface area (Å²) in [5.74, 6) is -1.73. The van der Waals surface area contributed by atoms with E-state index in [1.807, 2.05) is 0 Å². The molecule has 0 radical (unpaired) electrons. The number of rotatable bonds is 4. The second-order valence-corrected chi connectivity index (χ2v) is 2.11. The third-order valence-electron chi connectivity index (χ3n) is 1.32. The van der Waals surface area contributed by atoms with Gasteiger partial charge in [-0.15, -0.1) is 12.4 Å². The number of methoxy groups -OCH3 is 1. The van der Waals surface area contributed by atoms with Gasteiger partial charge in [-0.25, -0.2) is 8.78 Å². The maximum absolute atomic E-state index is 11.9. The summed E-state index contributed by atoms with van der Waals surface area (Å²) in [7, 11) is 1.15. The van der Waals surface area contributed by atoms with E-state index in [1.54, 1.807) is 0 Å². The molecule has 2 N–H and O–H groups in total. The van der Waals surface area contributed by atoms with Gasteiger partial charge < -0.3 is 10.5 Å². The summed E-state index contributed by atoms with van der Waals surface area (Å²) >= 11 is 0. The molecule has 0 aromatic heterocycles. The second kappa shape index (κ2) is 7.24. The SMILES string of the molecule is COC(=O)CC(CN)C(F)F.Cl. The fourth-order valence-corrected chi connectivity index (χ4v) is 0.573. The minimum absolute atomic E-state index is 0. The van der Waals surface area contributed by atoms with Crippen molar-refractivity contribution in [1.82, 2.24) is 0 Å². The summed E-state index contributed by atoms with van der Waals surface area (Å²) in [6.07, 6.45) is -2.87. The predicted octanol–water partition coefficient (Wildman–Crippen LogP) is 0.811. The normalized spacial score (nSPS) is 12.1. The molecule has 0 amide bonds. The summed E-state index contributed by atoms with van der Waals surface area (Å²) in [6.45, 7) is -0.202. The van der Waals surface area contributed by atoms with Gasteiger partial charge in [-0.1, -0.05) is 0 Å². The molecule has 0 saturated carbocycles. The Labute approximate surface area is 75.7 Å². The number of esters is 1. The van der Waals surface area contributed by atoms with Gasteiger partial charge in [0.15, 0.2) is 0 Å². The van der Waals surface area contributed by atoms with Crippen LogP contribution in [0.5, 0.6) is 0 Å². The predicted molar refractivity (Wildman–Crippen MR) is 42.4 cm³/mol. The highest BCUT2D eigenvalue weighted by Gasteiger charge is 2.21. The molecule has 0 saturated heterocycles. The highest BCUT2D eigenvalue weighted by Crippen LogP contribution is 2.12. The number of hydrogen-bond donors (Lipinski definition) is 1. The standard InChI is InChI=1S/C6H11F2NO2.ClH/c1-11-5(10)2-4(3-9)6(7)8;/h4,6H,2-3,9H2,1H3;1H. The molecule has 6 heteroatoms. The topological polar surface area (TPSA) is 52.3 Å². The summed E-state index contributed by atoms with van der Waals surface area (Å²) in [6, 6.07) is 0. The van der Waals surface area contributed by atoms with Gasteiger partial charge in [0.2, 0.25) is 6.43 Å². The number of carbonyl (C=O) groups is 1. The molecule has 0 fully saturated rings. The number of hydrogen-bond acceptors (Lipinski definition) is 3. The van der Waals surface area contributed by atoms with E-state index in [2.05, 4.69) is 4.74 Å². The van der Waals surface area contributed by atoms with Crippen LogP contribution in [-0.4, -0.2) is 26.0 Å². The van der Waals surface area contributed by atoms with Crippen LogP contribution in [0.3, 0.4) is 0 Å². The van der Waals surface area contributed by atoms with Gasteiger partial charge in [-0.05, 0) is 0 Å². The van der Waals surface area contributed by atoms with Gasteiger partial charge in [0, 0.05) is 12.5 Å². The van der Waals surface area contributed by atoms with Crippen molar-refractivity contribution in [3.8, 4) is 0 Å². The lowest BCUT2D eigenvalue weighted by Crippen LogP contribution is -2.25. The largest absolute Gasteiger partial charge is 0.469 e. The maximum Gasteiger partial charge on any atom is 0.306 e. The molecule has 0 spiro atoms. The van der Waals surface area contributed by atoms with Gasteiger partial charge >= 0.3 is 5.97 Å². The smallest absolute Gasteiger partial charge is 0.306 e. The quantitative estimate of drug-likeness (QED) is 0.688. The number of nitrogens with two attached hydrogens (primary N) is 1. The van der Waals surface area contributed by atoms with E-state index in [9.17, 15) is 13.6 Å². The average molecular weight is 204 g/mol. The molecule has 0 heterocycles. The lowest BCUT2D eigenvalue weighted by molar-refractivity contribution is -0.143. The van der Waals surface area contributed by atoms with Crippen LogP contribution in [0, 0.1) is 5.92 Å². The van der Waals surface area contributed by atoms with E-state index in [-0.39, 0.29) is 25.4 Å². The minimum atomic E-state index is -2.56. The van der Waals surface area contributed by atoms with Gasteiger partial charge in [0.05, 0.1) is 13.5 Å². The summed E-state index contributed by atoms with van der Waals surface area (Å²) in [4.78, 5) is 10.5. The molecular weight excluding hydrogens is 192 g/mol. The van der Waals surface area contributed by atoms with Gasteiger partial charge in [0.25, 0.3) is 0 Å². The molecule has 1 unspecified atom stereocenters. The van der Waals surface area contributed by atoms with Crippen molar-refractivity contribution in [1.29, 1.82) is 0 Å². The fraction of sp³-hybridized carbons (Fsp3) is 0.833. The average Bonchev–Trinajstić information content (AvgIpc) is 1.99. The number of ether oxygens (including phenoxy) is 1. The van der Waals surface area contributed by atoms with E-state index >= 15 is 0 Å². The molecule has 0 bridgehead atoms. The third kappa shape index (κ3) is 5.26. The molecule has 3 nitrogen and oxygen atoms in total. The van der Waals surface area contributed by atoms with Gasteiger partial charge in [-0.2, -0.15) is 0 Å². The lowest BCUT2D eigenvalue weighted by Gasteiger charge is -2.10. The molecular formula is C6H12ClF2NO2. The summed E-state index contributed by atoms with van der Waals surface area (Å²) < 4.78 is 28.0. The maximum atomic E-state index is 11.9. The molecule has 0 aromatic carbocycles. The van der Waals surface area contributed by atoms with Crippen LogP contribution in [0.2, 0.25) is 0 Å². The van der Waals surface area contributed by atoms with Crippen molar-refractivity contribution in [3.05, 3.63) is 0 Å². The first-order chi connectivity index (χ1) is 5.11. The Balaban J connectivity index is 0. The molecule has 0 aliphatic rings. The Hall–Kier alpha value is -0.420. The Morgan fingerprint density at radius 1 is 1.58 bits per heavy atom. The second-order valence-electron chi connectivity index (χ2n) is 2.11.